The van der Waals surface area contributed by atoms with Gasteiger partial charge in [0.2, 0.25) is 0 Å². The van der Waals surface area contributed by atoms with Crippen LogP contribution in [0.5, 0.6) is 0 Å². The van der Waals surface area contributed by atoms with Gasteiger partial charge in [0.1, 0.15) is 5.54 Å². The molecule has 0 bridgehead atoms. The molecule has 5 heteroatoms. The maximum atomic E-state index is 12.3. The second kappa shape index (κ2) is 6.87. The third kappa shape index (κ3) is 4.17. The fraction of sp³-hybridized carbons (Fsp3) is 0.933. The van der Waals surface area contributed by atoms with E-state index in [9.17, 15) is 4.79 Å². The first-order chi connectivity index (χ1) is 9.55. The minimum absolute atomic E-state index is 0.119. The summed E-state index contributed by atoms with van der Waals surface area (Å²) >= 11 is 0. The first kappa shape index (κ1) is 15.7. The minimum atomic E-state index is -0.575. The summed E-state index contributed by atoms with van der Waals surface area (Å²) in [5, 5.41) is 3.49. The molecule has 20 heavy (non-hydrogen) atoms. The first-order valence-corrected chi connectivity index (χ1v) is 7.82. The number of nitrogens with one attached hydrogen (secondary N) is 1. The molecule has 2 unspecified atom stereocenters. The third-order valence-corrected chi connectivity index (χ3v) is 4.20. The average molecular weight is 284 g/mol. The molecule has 0 spiro atoms. The van der Waals surface area contributed by atoms with Gasteiger partial charge in [-0.3, -0.25) is 15.0 Å². The van der Waals surface area contributed by atoms with Crippen molar-refractivity contribution in [2.24, 2.45) is 0 Å². The van der Waals surface area contributed by atoms with Crippen molar-refractivity contribution >= 4 is 5.97 Å². The summed E-state index contributed by atoms with van der Waals surface area (Å²) in [5.74, 6) is -0.119. The molecular formula is C15H28N2O3. The number of carbonyl (C=O) groups excluding carboxylic acids is 1. The molecule has 0 aromatic rings. The van der Waals surface area contributed by atoms with E-state index < -0.39 is 5.54 Å². The van der Waals surface area contributed by atoms with E-state index in [1.807, 2.05) is 13.8 Å². The predicted molar refractivity (Wildman–Crippen MR) is 77.7 cm³/mol. The number of morpholine rings is 1. The van der Waals surface area contributed by atoms with Gasteiger partial charge in [-0.15, -0.1) is 0 Å². The summed E-state index contributed by atoms with van der Waals surface area (Å²) in [6.45, 7) is 9.95. The topological polar surface area (TPSA) is 50.8 Å². The fourth-order valence-corrected chi connectivity index (χ4v) is 2.91. The van der Waals surface area contributed by atoms with E-state index in [0.29, 0.717) is 18.7 Å². The van der Waals surface area contributed by atoms with Crippen LogP contribution >= 0.6 is 0 Å². The highest BCUT2D eigenvalue weighted by Gasteiger charge is 2.41. The van der Waals surface area contributed by atoms with Crippen molar-refractivity contribution in [2.45, 2.75) is 57.7 Å². The molecule has 5 nitrogen and oxygen atoms in total. The maximum Gasteiger partial charge on any atom is 0.326 e. The molecule has 0 aromatic carbocycles. The van der Waals surface area contributed by atoms with Gasteiger partial charge in [0.15, 0.2) is 0 Å². The Morgan fingerprint density at radius 1 is 1.45 bits per heavy atom. The molecular weight excluding hydrogens is 256 g/mol. The molecule has 1 aliphatic heterocycles. The molecule has 1 aliphatic carbocycles. The Hall–Kier alpha value is -0.650. The molecule has 0 radical (unpaired) electrons. The van der Waals surface area contributed by atoms with Crippen molar-refractivity contribution in [3.63, 3.8) is 0 Å². The predicted octanol–water partition coefficient (Wildman–Crippen LogP) is 1.17. The molecule has 1 saturated carbocycles. The van der Waals surface area contributed by atoms with E-state index >= 15 is 0 Å². The smallest absolute Gasteiger partial charge is 0.326 e. The molecule has 1 N–H and O–H groups in total. The van der Waals surface area contributed by atoms with Crippen LogP contribution in [0.1, 0.15) is 40.0 Å². The summed E-state index contributed by atoms with van der Waals surface area (Å²) in [6.07, 6.45) is 3.12. The van der Waals surface area contributed by atoms with Crippen molar-refractivity contribution in [1.29, 1.82) is 0 Å². The highest BCUT2D eigenvalue weighted by atomic mass is 16.5. The number of hydrogen-bond donors (Lipinski definition) is 1. The van der Waals surface area contributed by atoms with E-state index in [-0.39, 0.29) is 5.97 Å². The van der Waals surface area contributed by atoms with Crippen LogP contribution in [0.15, 0.2) is 0 Å². The van der Waals surface area contributed by atoms with E-state index in [1.165, 1.54) is 12.8 Å². The number of nitrogens with zero attached hydrogens (tertiary/aromatic N) is 1. The quantitative estimate of drug-likeness (QED) is 0.711. The van der Waals surface area contributed by atoms with E-state index in [1.54, 1.807) is 0 Å². The van der Waals surface area contributed by atoms with Gasteiger partial charge in [0, 0.05) is 25.2 Å². The van der Waals surface area contributed by atoms with Gasteiger partial charge in [0.05, 0.1) is 19.8 Å². The number of carbonyl (C=O) groups is 1. The van der Waals surface area contributed by atoms with Gasteiger partial charge >= 0.3 is 5.97 Å². The minimum Gasteiger partial charge on any atom is -0.465 e. The molecule has 116 valence electrons. The van der Waals surface area contributed by atoms with Gasteiger partial charge in [0.25, 0.3) is 0 Å². The zero-order valence-electron chi connectivity index (χ0n) is 13.0. The van der Waals surface area contributed by atoms with Gasteiger partial charge in [-0.2, -0.15) is 0 Å². The number of esters is 1. The lowest BCUT2D eigenvalue weighted by molar-refractivity contribution is -0.151. The Morgan fingerprint density at radius 2 is 2.10 bits per heavy atom. The van der Waals surface area contributed by atoms with Gasteiger partial charge < -0.3 is 9.47 Å². The highest BCUT2D eigenvalue weighted by Crippen LogP contribution is 2.27. The van der Waals surface area contributed by atoms with E-state index in [2.05, 4.69) is 17.1 Å². The summed E-state index contributed by atoms with van der Waals surface area (Å²) in [5.41, 5.74) is -0.575. The Bertz CT molecular complexity index is 327. The standard InChI is InChI=1S/C15H28N2O3/c1-4-20-14(18)15(3,16-13-5-6-13)11-12(2)17-7-9-19-10-8-17/h12-13,16H,4-11H2,1-3H3. The largest absolute Gasteiger partial charge is 0.465 e. The number of hydrogen-bond acceptors (Lipinski definition) is 5. The van der Waals surface area contributed by atoms with Crippen LogP contribution < -0.4 is 5.32 Å². The summed E-state index contributed by atoms with van der Waals surface area (Å²) in [6, 6.07) is 0.834. The molecule has 2 atom stereocenters. The Kier molecular flexibility index (Phi) is 5.41. The zero-order chi connectivity index (χ0) is 14.6. The van der Waals surface area contributed by atoms with Crippen LogP contribution in [-0.4, -0.2) is 61.4 Å². The highest BCUT2D eigenvalue weighted by molar-refractivity contribution is 5.80. The van der Waals surface area contributed by atoms with Gasteiger partial charge in [-0.25, -0.2) is 0 Å². The molecule has 2 aliphatic rings. The lowest BCUT2D eigenvalue weighted by Gasteiger charge is -2.38. The fourth-order valence-electron chi connectivity index (χ4n) is 2.91. The Labute approximate surface area is 122 Å². The molecule has 0 aromatic heterocycles. The first-order valence-electron chi connectivity index (χ1n) is 7.82. The van der Waals surface area contributed by atoms with Crippen molar-refractivity contribution in [1.82, 2.24) is 10.2 Å². The molecule has 1 saturated heterocycles. The second-order valence-corrected chi connectivity index (χ2v) is 6.17. The molecule has 2 rings (SSSR count). The van der Waals surface area contributed by atoms with Crippen LogP contribution in [0.4, 0.5) is 0 Å². The molecule has 0 amide bonds. The monoisotopic (exact) mass is 284 g/mol. The van der Waals surface area contributed by atoms with Crippen molar-refractivity contribution in [3.05, 3.63) is 0 Å². The number of ether oxygens (including phenoxy) is 2. The van der Waals surface area contributed by atoms with Crippen molar-refractivity contribution < 1.29 is 14.3 Å². The number of rotatable bonds is 7. The summed E-state index contributed by atoms with van der Waals surface area (Å²) in [4.78, 5) is 14.7. The van der Waals surface area contributed by atoms with E-state index in [4.69, 9.17) is 9.47 Å². The van der Waals surface area contributed by atoms with Crippen molar-refractivity contribution in [3.8, 4) is 0 Å². The van der Waals surface area contributed by atoms with Crippen LogP contribution in [0.2, 0.25) is 0 Å². The van der Waals surface area contributed by atoms with Crippen LogP contribution in [0.25, 0.3) is 0 Å². The van der Waals surface area contributed by atoms with Crippen molar-refractivity contribution in [2.75, 3.05) is 32.9 Å². The van der Waals surface area contributed by atoms with Gasteiger partial charge in [-0.05, 0) is 40.0 Å². The second-order valence-electron chi connectivity index (χ2n) is 6.17. The lowest BCUT2D eigenvalue weighted by Crippen LogP contribution is -2.56. The zero-order valence-corrected chi connectivity index (χ0v) is 13.0. The Balaban J connectivity index is 1.96. The SMILES string of the molecule is CCOC(=O)C(C)(CC(C)N1CCOCC1)NC1CC1. The third-order valence-electron chi connectivity index (χ3n) is 4.20. The van der Waals surface area contributed by atoms with Crippen LogP contribution in [0.3, 0.4) is 0 Å². The maximum absolute atomic E-state index is 12.3. The Morgan fingerprint density at radius 3 is 2.65 bits per heavy atom. The summed E-state index contributed by atoms with van der Waals surface area (Å²) in [7, 11) is 0. The van der Waals surface area contributed by atoms with Gasteiger partial charge in [-0.1, -0.05) is 0 Å². The molecule has 2 fully saturated rings. The lowest BCUT2D eigenvalue weighted by atomic mass is 9.92. The average Bonchev–Trinajstić information content (AvgIpc) is 3.23. The van der Waals surface area contributed by atoms with Crippen LogP contribution in [-0.2, 0) is 14.3 Å². The normalized spacial score (nSPS) is 24.9. The summed E-state index contributed by atoms with van der Waals surface area (Å²) < 4.78 is 10.7. The van der Waals surface area contributed by atoms with E-state index in [0.717, 1.165) is 32.7 Å². The molecule has 1 heterocycles. The van der Waals surface area contributed by atoms with Crippen LogP contribution in [0, 0.1) is 0 Å².